The predicted molar refractivity (Wildman–Crippen MR) is 103 cm³/mol. The van der Waals surface area contributed by atoms with Gasteiger partial charge in [0, 0.05) is 43.4 Å². The van der Waals surface area contributed by atoms with Crippen LogP contribution in [0.3, 0.4) is 0 Å². The Hall–Kier alpha value is -2.37. The molecule has 0 unspecified atom stereocenters. The van der Waals surface area contributed by atoms with Crippen LogP contribution in [0.5, 0.6) is 0 Å². The molecular weight excluding hydrogens is 350 g/mol. The van der Waals surface area contributed by atoms with Crippen LogP contribution in [-0.2, 0) is 16.1 Å². The van der Waals surface area contributed by atoms with Gasteiger partial charge in [-0.3, -0.25) is 14.5 Å². The number of rotatable bonds is 3. The number of nitrogens with one attached hydrogen (secondary N) is 1. The van der Waals surface area contributed by atoms with E-state index in [4.69, 9.17) is 11.6 Å². The van der Waals surface area contributed by atoms with Gasteiger partial charge in [0.1, 0.15) is 0 Å². The third-order valence-corrected chi connectivity index (χ3v) is 4.77. The number of piperazine rings is 1. The molecule has 1 N–H and O–H groups in total. The second-order valence-electron chi connectivity index (χ2n) is 6.47. The topological polar surface area (TPSA) is 52.7 Å². The molecule has 2 amide bonds. The molecule has 136 valence electrons. The number of halogens is 1. The number of aryl methyl sites for hydroxylation is 1. The zero-order chi connectivity index (χ0) is 18.5. The Morgan fingerprint density at radius 3 is 2.38 bits per heavy atom. The monoisotopic (exact) mass is 371 g/mol. The fraction of sp³-hybridized carbons (Fsp3) is 0.300. The molecular formula is C20H22ClN3O2. The molecule has 0 aromatic heterocycles. The SMILES string of the molecule is Cc1cc(Cl)ccc1NC(=O)C(=O)N1CCN(Cc2ccccc2)CC1. The lowest BCUT2D eigenvalue weighted by Gasteiger charge is -2.34. The van der Waals surface area contributed by atoms with Crippen molar-refractivity contribution in [3.8, 4) is 0 Å². The summed E-state index contributed by atoms with van der Waals surface area (Å²) in [4.78, 5) is 28.6. The Balaban J connectivity index is 1.52. The molecule has 1 fully saturated rings. The van der Waals surface area contributed by atoms with E-state index in [2.05, 4.69) is 22.3 Å². The molecule has 6 heteroatoms. The highest BCUT2D eigenvalue weighted by atomic mass is 35.5. The van der Waals surface area contributed by atoms with Gasteiger partial charge in [0.2, 0.25) is 0 Å². The molecule has 0 saturated carbocycles. The summed E-state index contributed by atoms with van der Waals surface area (Å²) in [6, 6.07) is 15.4. The summed E-state index contributed by atoms with van der Waals surface area (Å²) < 4.78 is 0. The molecule has 2 aromatic carbocycles. The average Bonchev–Trinajstić information content (AvgIpc) is 2.65. The third-order valence-electron chi connectivity index (χ3n) is 4.54. The van der Waals surface area contributed by atoms with Crippen LogP contribution in [0.25, 0.3) is 0 Å². The van der Waals surface area contributed by atoms with E-state index in [1.165, 1.54) is 5.56 Å². The zero-order valence-corrected chi connectivity index (χ0v) is 15.5. The van der Waals surface area contributed by atoms with Crippen LogP contribution < -0.4 is 5.32 Å². The van der Waals surface area contributed by atoms with Gasteiger partial charge in [0.15, 0.2) is 0 Å². The van der Waals surface area contributed by atoms with E-state index in [1.807, 2.05) is 25.1 Å². The maximum atomic E-state index is 12.4. The first-order valence-corrected chi connectivity index (χ1v) is 9.03. The summed E-state index contributed by atoms with van der Waals surface area (Å²) in [7, 11) is 0. The van der Waals surface area contributed by atoms with Crippen molar-refractivity contribution < 1.29 is 9.59 Å². The number of anilines is 1. The van der Waals surface area contributed by atoms with Crippen molar-refractivity contribution in [2.24, 2.45) is 0 Å². The molecule has 0 aliphatic carbocycles. The highest BCUT2D eigenvalue weighted by Crippen LogP contribution is 2.19. The summed E-state index contributed by atoms with van der Waals surface area (Å²) in [5.41, 5.74) is 2.69. The van der Waals surface area contributed by atoms with Crippen molar-refractivity contribution in [3.63, 3.8) is 0 Å². The maximum Gasteiger partial charge on any atom is 0.313 e. The zero-order valence-electron chi connectivity index (χ0n) is 14.7. The van der Waals surface area contributed by atoms with E-state index in [-0.39, 0.29) is 0 Å². The summed E-state index contributed by atoms with van der Waals surface area (Å²) >= 11 is 5.92. The van der Waals surface area contributed by atoms with Crippen LogP contribution in [0.15, 0.2) is 48.5 Å². The molecule has 1 aliphatic rings. The van der Waals surface area contributed by atoms with Crippen LogP contribution in [0.1, 0.15) is 11.1 Å². The average molecular weight is 372 g/mol. The van der Waals surface area contributed by atoms with Crippen molar-refractivity contribution in [2.75, 3.05) is 31.5 Å². The smallest absolute Gasteiger partial charge is 0.313 e. The summed E-state index contributed by atoms with van der Waals surface area (Å²) in [6.45, 7) is 5.33. The van der Waals surface area contributed by atoms with Gasteiger partial charge in [0.05, 0.1) is 0 Å². The van der Waals surface area contributed by atoms with E-state index in [1.54, 1.807) is 23.1 Å². The quantitative estimate of drug-likeness (QED) is 0.844. The lowest BCUT2D eigenvalue weighted by atomic mass is 10.2. The normalized spacial score (nSPS) is 14.9. The minimum Gasteiger partial charge on any atom is -0.332 e. The first kappa shape index (κ1) is 18.4. The Bertz CT molecular complexity index is 787. The highest BCUT2D eigenvalue weighted by Gasteiger charge is 2.26. The molecule has 0 atom stereocenters. The van der Waals surface area contributed by atoms with Crippen LogP contribution in [-0.4, -0.2) is 47.8 Å². The summed E-state index contributed by atoms with van der Waals surface area (Å²) in [5, 5.41) is 3.28. The lowest BCUT2D eigenvalue weighted by molar-refractivity contribution is -0.144. The largest absolute Gasteiger partial charge is 0.332 e. The molecule has 1 heterocycles. The molecule has 3 rings (SSSR count). The van der Waals surface area contributed by atoms with Gasteiger partial charge in [-0.1, -0.05) is 41.9 Å². The van der Waals surface area contributed by atoms with E-state index in [0.717, 1.165) is 25.2 Å². The van der Waals surface area contributed by atoms with Crippen molar-refractivity contribution in [1.29, 1.82) is 0 Å². The van der Waals surface area contributed by atoms with E-state index in [0.29, 0.717) is 23.8 Å². The molecule has 5 nitrogen and oxygen atoms in total. The van der Waals surface area contributed by atoms with Gasteiger partial charge in [0.25, 0.3) is 0 Å². The number of hydrogen-bond acceptors (Lipinski definition) is 3. The van der Waals surface area contributed by atoms with E-state index >= 15 is 0 Å². The van der Waals surface area contributed by atoms with Gasteiger partial charge < -0.3 is 10.2 Å². The number of amides is 2. The lowest BCUT2D eigenvalue weighted by Crippen LogP contribution is -2.51. The number of nitrogens with zero attached hydrogens (tertiary/aromatic N) is 2. The molecule has 0 bridgehead atoms. The molecule has 2 aromatic rings. The van der Waals surface area contributed by atoms with Crippen LogP contribution >= 0.6 is 11.6 Å². The van der Waals surface area contributed by atoms with Crippen LogP contribution in [0.2, 0.25) is 5.02 Å². The molecule has 1 aliphatic heterocycles. The number of carbonyl (C=O) groups is 2. The number of benzene rings is 2. The van der Waals surface area contributed by atoms with Gasteiger partial charge in [-0.05, 0) is 36.2 Å². The molecule has 26 heavy (non-hydrogen) atoms. The Morgan fingerprint density at radius 2 is 1.73 bits per heavy atom. The van der Waals surface area contributed by atoms with Crippen molar-refractivity contribution in [1.82, 2.24) is 9.80 Å². The van der Waals surface area contributed by atoms with Gasteiger partial charge >= 0.3 is 11.8 Å². The minimum absolute atomic E-state index is 0.487. The second-order valence-corrected chi connectivity index (χ2v) is 6.90. The number of carbonyl (C=O) groups excluding carboxylic acids is 2. The fourth-order valence-corrected chi connectivity index (χ4v) is 3.26. The first-order valence-electron chi connectivity index (χ1n) is 8.65. The minimum atomic E-state index is -0.605. The molecule has 0 spiro atoms. The van der Waals surface area contributed by atoms with Crippen molar-refractivity contribution in [3.05, 3.63) is 64.7 Å². The molecule has 1 saturated heterocycles. The van der Waals surface area contributed by atoms with E-state index < -0.39 is 11.8 Å². The Labute approximate surface area is 158 Å². The first-order chi connectivity index (χ1) is 12.5. The number of hydrogen-bond donors (Lipinski definition) is 1. The van der Waals surface area contributed by atoms with Crippen LogP contribution in [0.4, 0.5) is 5.69 Å². The second kappa shape index (κ2) is 8.34. The van der Waals surface area contributed by atoms with Gasteiger partial charge in [-0.25, -0.2) is 0 Å². The Morgan fingerprint density at radius 1 is 1.04 bits per heavy atom. The fourth-order valence-electron chi connectivity index (χ4n) is 3.04. The van der Waals surface area contributed by atoms with Crippen LogP contribution in [0, 0.1) is 6.92 Å². The third kappa shape index (κ3) is 4.62. The predicted octanol–water partition coefficient (Wildman–Crippen LogP) is 2.93. The standard InChI is InChI=1S/C20H22ClN3O2/c1-15-13-17(21)7-8-18(15)22-19(25)20(26)24-11-9-23(10-12-24)14-16-5-3-2-4-6-16/h2-8,13H,9-12,14H2,1H3,(H,22,25). The Kier molecular flexibility index (Phi) is 5.91. The highest BCUT2D eigenvalue weighted by molar-refractivity contribution is 6.39. The summed E-state index contributed by atoms with van der Waals surface area (Å²) in [6.07, 6.45) is 0. The molecule has 0 radical (unpaired) electrons. The van der Waals surface area contributed by atoms with E-state index in [9.17, 15) is 9.59 Å². The maximum absolute atomic E-state index is 12.4. The van der Waals surface area contributed by atoms with Crippen molar-refractivity contribution >= 4 is 29.1 Å². The summed E-state index contributed by atoms with van der Waals surface area (Å²) in [5.74, 6) is -1.09. The van der Waals surface area contributed by atoms with Gasteiger partial charge in [-0.2, -0.15) is 0 Å². The van der Waals surface area contributed by atoms with Crippen molar-refractivity contribution in [2.45, 2.75) is 13.5 Å². The van der Waals surface area contributed by atoms with Gasteiger partial charge in [-0.15, -0.1) is 0 Å².